The molecule has 140 valence electrons. The summed E-state index contributed by atoms with van der Waals surface area (Å²) < 4.78 is 20.9. The van der Waals surface area contributed by atoms with Crippen LogP contribution in [0.4, 0.5) is 4.39 Å². The highest BCUT2D eigenvalue weighted by molar-refractivity contribution is 5.71. The summed E-state index contributed by atoms with van der Waals surface area (Å²) in [6, 6.07) is 10.6. The van der Waals surface area contributed by atoms with Crippen LogP contribution in [-0.4, -0.2) is 27.9 Å². The Morgan fingerprint density at radius 1 is 1.19 bits per heavy atom. The van der Waals surface area contributed by atoms with E-state index in [1.54, 1.807) is 12.1 Å². The van der Waals surface area contributed by atoms with E-state index in [-0.39, 0.29) is 29.7 Å². The number of hydrogen-bond donors (Lipinski definition) is 1. The van der Waals surface area contributed by atoms with Gasteiger partial charge in [-0.2, -0.15) is 0 Å². The molecule has 4 nitrogen and oxygen atoms in total. The molecule has 0 aliphatic carbocycles. The number of esters is 1. The number of carbonyl (C=O) groups is 1. The van der Waals surface area contributed by atoms with Crippen molar-refractivity contribution < 1.29 is 19.0 Å². The van der Waals surface area contributed by atoms with Gasteiger partial charge in [-0.15, -0.1) is 0 Å². The summed E-state index contributed by atoms with van der Waals surface area (Å²) >= 11 is 0. The molecule has 1 fully saturated rings. The predicted molar refractivity (Wildman–Crippen MR) is 98.3 cm³/mol. The van der Waals surface area contributed by atoms with Gasteiger partial charge in [0.15, 0.2) is 0 Å². The first-order valence-electron chi connectivity index (χ1n) is 9.07. The molecule has 26 heavy (non-hydrogen) atoms. The molecule has 0 saturated carbocycles. The van der Waals surface area contributed by atoms with E-state index in [2.05, 4.69) is 37.5 Å². The second-order valence-electron chi connectivity index (χ2n) is 8.01. The highest BCUT2D eigenvalue weighted by Gasteiger charge is 2.28. The van der Waals surface area contributed by atoms with Crippen LogP contribution in [0.3, 0.4) is 0 Å². The van der Waals surface area contributed by atoms with Crippen molar-refractivity contribution in [3.05, 3.63) is 47.9 Å². The summed E-state index contributed by atoms with van der Waals surface area (Å²) in [6.07, 6.45) is 0.291. The van der Waals surface area contributed by atoms with Gasteiger partial charge in [-0.3, -0.25) is 4.79 Å². The number of cyclic esters (lactones) is 1. The Labute approximate surface area is 153 Å². The van der Waals surface area contributed by atoms with Crippen molar-refractivity contribution in [2.24, 2.45) is 0 Å². The Hall–Kier alpha value is -2.14. The van der Waals surface area contributed by atoms with Crippen LogP contribution in [0.15, 0.2) is 36.4 Å². The van der Waals surface area contributed by atoms with Gasteiger partial charge in [0, 0.05) is 36.2 Å². The number of carbonyl (C=O) groups excluding carboxylic acids is 1. The first kappa shape index (κ1) is 18.6. The van der Waals surface area contributed by atoms with Gasteiger partial charge in [0.05, 0.1) is 12.5 Å². The van der Waals surface area contributed by atoms with Gasteiger partial charge >= 0.3 is 5.97 Å². The van der Waals surface area contributed by atoms with Crippen LogP contribution in [0.2, 0.25) is 0 Å². The van der Waals surface area contributed by atoms with E-state index in [1.807, 2.05) is 0 Å². The summed E-state index contributed by atoms with van der Waals surface area (Å²) in [5.41, 5.74) is 3.07. The molecule has 0 bridgehead atoms. The maximum Gasteiger partial charge on any atom is 0.308 e. The van der Waals surface area contributed by atoms with Crippen molar-refractivity contribution in [3.8, 4) is 11.3 Å². The largest absolute Gasteiger partial charge is 0.462 e. The van der Waals surface area contributed by atoms with Crippen LogP contribution >= 0.6 is 0 Å². The summed E-state index contributed by atoms with van der Waals surface area (Å²) in [5.74, 6) is -0.595. The summed E-state index contributed by atoms with van der Waals surface area (Å²) in [4.78, 5) is 11.6. The molecule has 1 aliphatic rings. The topological polar surface area (TPSA) is 51.5 Å². The van der Waals surface area contributed by atoms with E-state index in [0.29, 0.717) is 19.4 Å². The summed E-state index contributed by atoms with van der Waals surface area (Å²) in [7, 11) is 0. The molecule has 1 aromatic carbocycles. The van der Waals surface area contributed by atoms with Gasteiger partial charge in [0.25, 0.3) is 0 Å². The number of ether oxygens (including phenoxy) is 1. The van der Waals surface area contributed by atoms with Crippen LogP contribution in [0.25, 0.3) is 11.3 Å². The van der Waals surface area contributed by atoms with Gasteiger partial charge in [-0.1, -0.05) is 20.8 Å². The first-order chi connectivity index (χ1) is 12.2. The molecule has 1 aliphatic heterocycles. The molecule has 2 heterocycles. The molecular formula is C21H26FNO3. The molecule has 2 atom stereocenters. The minimum absolute atomic E-state index is 0.0545. The summed E-state index contributed by atoms with van der Waals surface area (Å²) in [5, 5.41) is 9.81. The maximum atomic E-state index is 13.3. The van der Waals surface area contributed by atoms with Crippen LogP contribution in [-0.2, 0) is 21.5 Å². The Morgan fingerprint density at radius 2 is 1.88 bits per heavy atom. The monoisotopic (exact) mass is 359 g/mol. The minimum atomic E-state index is -0.621. The number of halogens is 1. The Kier molecular flexibility index (Phi) is 5.19. The Morgan fingerprint density at radius 3 is 2.50 bits per heavy atom. The fourth-order valence-electron chi connectivity index (χ4n) is 3.55. The van der Waals surface area contributed by atoms with Gasteiger partial charge in [-0.05, 0) is 42.0 Å². The quantitative estimate of drug-likeness (QED) is 0.838. The molecule has 1 aromatic heterocycles. The van der Waals surface area contributed by atoms with E-state index in [0.717, 1.165) is 11.3 Å². The van der Waals surface area contributed by atoms with Crippen molar-refractivity contribution in [2.75, 3.05) is 0 Å². The normalized spacial score (nSPS) is 20.9. The highest BCUT2D eigenvalue weighted by atomic mass is 19.1. The van der Waals surface area contributed by atoms with Gasteiger partial charge in [0.1, 0.15) is 11.9 Å². The lowest BCUT2D eigenvalue weighted by Crippen LogP contribution is -2.33. The third-order valence-corrected chi connectivity index (χ3v) is 4.80. The SMILES string of the molecule is CC(C)(C)c1ccc(-c2ccc(F)cc2)n1CC[C@@H]1C[C@@H](O)CC(=O)O1. The summed E-state index contributed by atoms with van der Waals surface area (Å²) in [6.45, 7) is 7.12. The lowest BCUT2D eigenvalue weighted by atomic mass is 9.92. The molecule has 0 spiro atoms. The van der Waals surface area contributed by atoms with Gasteiger partial charge in [-0.25, -0.2) is 4.39 Å². The second-order valence-corrected chi connectivity index (χ2v) is 8.01. The number of aromatic nitrogens is 1. The van der Waals surface area contributed by atoms with E-state index >= 15 is 0 Å². The number of rotatable bonds is 4. The number of benzene rings is 1. The minimum Gasteiger partial charge on any atom is -0.462 e. The van der Waals surface area contributed by atoms with Gasteiger partial charge < -0.3 is 14.4 Å². The van der Waals surface area contributed by atoms with Crippen molar-refractivity contribution in [1.82, 2.24) is 4.57 Å². The lowest BCUT2D eigenvalue weighted by Gasteiger charge is -2.28. The molecule has 2 aromatic rings. The lowest BCUT2D eigenvalue weighted by molar-refractivity contribution is -0.160. The average molecular weight is 359 g/mol. The molecule has 1 N–H and O–H groups in total. The zero-order chi connectivity index (χ0) is 18.9. The van der Waals surface area contributed by atoms with Crippen molar-refractivity contribution in [3.63, 3.8) is 0 Å². The third-order valence-electron chi connectivity index (χ3n) is 4.80. The molecular weight excluding hydrogens is 333 g/mol. The van der Waals surface area contributed by atoms with Crippen LogP contribution in [0.1, 0.15) is 45.7 Å². The number of aliphatic hydroxyl groups excluding tert-OH is 1. The zero-order valence-electron chi connectivity index (χ0n) is 15.5. The third kappa shape index (κ3) is 4.15. The molecule has 0 radical (unpaired) electrons. The zero-order valence-corrected chi connectivity index (χ0v) is 15.5. The highest BCUT2D eigenvalue weighted by Crippen LogP contribution is 2.31. The molecule has 1 saturated heterocycles. The van der Waals surface area contributed by atoms with E-state index in [4.69, 9.17) is 4.74 Å². The van der Waals surface area contributed by atoms with Crippen LogP contribution < -0.4 is 0 Å². The smallest absolute Gasteiger partial charge is 0.308 e. The predicted octanol–water partition coefficient (Wildman–Crippen LogP) is 4.05. The first-order valence-corrected chi connectivity index (χ1v) is 9.07. The molecule has 0 amide bonds. The standard InChI is InChI=1S/C21H26FNO3/c1-21(2,3)19-9-8-18(14-4-6-15(22)7-5-14)23(19)11-10-17-12-16(24)13-20(25)26-17/h4-9,16-17,24H,10-13H2,1-3H3/t16-,17-/m1/s1. The second kappa shape index (κ2) is 7.23. The van der Waals surface area contributed by atoms with E-state index in [9.17, 15) is 14.3 Å². The van der Waals surface area contributed by atoms with E-state index in [1.165, 1.54) is 17.8 Å². The van der Waals surface area contributed by atoms with Crippen LogP contribution in [0.5, 0.6) is 0 Å². The molecule has 0 unspecified atom stereocenters. The fourth-order valence-corrected chi connectivity index (χ4v) is 3.55. The number of hydrogen-bond acceptors (Lipinski definition) is 3. The average Bonchev–Trinajstić information content (AvgIpc) is 2.97. The maximum absolute atomic E-state index is 13.3. The number of nitrogens with zero attached hydrogens (tertiary/aromatic N) is 1. The van der Waals surface area contributed by atoms with E-state index < -0.39 is 6.10 Å². The van der Waals surface area contributed by atoms with Crippen molar-refractivity contribution in [1.29, 1.82) is 0 Å². The Bertz CT molecular complexity index is 774. The van der Waals surface area contributed by atoms with Crippen LogP contribution in [0, 0.1) is 5.82 Å². The van der Waals surface area contributed by atoms with Crippen molar-refractivity contribution in [2.45, 2.75) is 64.2 Å². The Balaban J connectivity index is 1.87. The fraction of sp³-hybridized carbons (Fsp3) is 0.476. The van der Waals surface area contributed by atoms with Gasteiger partial charge in [0.2, 0.25) is 0 Å². The molecule has 3 rings (SSSR count). The van der Waals surface area contributed by atoms with Crippen molar-refractivity contribution >= 4 is 5.97 Å². The number of aliphatic hydroxyl groups is 1. The molecule has 5 heteroatoms.